The van der Waals surface area contributed by atoms with Crippen molar-refractivity contribution in [3.8, 4) is 0 Å². The smallest absolute Gasteiger partial charge is 0.272 e. The van der Waals surface area contributed by atoms with Crippen LogP contribution in [0.3, 0.4) is 0 Å². The number of halogens is 1. The van der Waals surface area contributed by atoms with Crippen molar-refractivity contribution >= 4 is 54.7 Å². The zero-order valence-electron chi connectivity index (χ0n) is 14.6. The van der Waals surface area contributed by atoms with Crippen molar-refractivity contribution in [1.29, 1.82) is 0 Å². The van der Waals surface area contributed by atoms with Gasteiger partial charge >= 0.3 is 0 Å². The minimum absolute atomic E-state index is 0.121. The number of aromatic amines is 1. The summed E-state index contributed by atoms with van der Waals surface area (Å²) >= 11 is 7.22. The quantitative estimate of drug-likeness (QED) is 0.512. The minimum atomic E-state index is -4.23. The van der Waals surface area contributed by atoms with E-state index in [9.17, 15) is 18.0 Å². The van der Waals surface area contributed by atoms with Crippen molar-refractivity contribution in [2.24, 2.45) is 0 Å². The minimum Gasteiger partial charge on any atom is -0.360 e. The van der Waals surface area contributed by atoms with E-state index in [-0.39, 0.29) is 10.5 Å². The van der Waals surface area contributed by atoms with E-state index in [2.05, 4.69) is 9.97 Å². The lowest BCUT2D eigenvalue weighted by Gasteiger charge is -2.06. The number of aryl methyl sites for hydroxylation is 2. The number of amides is 1. The number of carbonyl (C=O) groups excluding carboxylic acids is 1. The Morgan fingerprint density at radius 3 is 2.82 bits per heavy atom. The van der Waals surface area contributed by atoms with Crippen molar-refractivity contribution in [3.63, 3.8) is 0 Å². The number of benzene rings is 1. The Bertz CT molecular complexity index is 1430. The van der Waals surface area contributed by atoms with E-state index in [1.54, 1.807) is 19.1 Å². The van der Waals surface area contributed by atoms with Gasteiger partial charge < -0.3 is 4.98 Å². The van der Waals surface area contributed by atoms with Crippen LogP contribution in [0.2, 0.25) is 5.02 Å². The van der Waals surface area contributed by atoms with Crippen LogP contribution >= 0.6 is 22.9 Å². The van der Waals surface area contributed by atoms with Gasteiger partial charge in [0.1, 0.15) is 10.5 Å². The molecule has 11 heteroatoms. The summed E-state index contributed by atoms with van der Waals surface area (Å²) in [6, 6.07) is 4.65. The third-order valence-corrected chi connectivity index (χ3v) is 7.06. The number of carbonyl (C=O) groups is 1. The maximum absolute atomic E-state index is 12.7. The van der Waals surface area contributed by atoms with E-state index < -0.39 is 21.5 Å². The lowest BCUT2D eigenvalue weighted by molar-refractivity contribution is 0.0979. The SMILES string of the molecule is Cc1sc2ncc(C(=O)NS(=O)(=O)c3c[nH]c4cc(Cl)ccc34)c(=O)n2c1C. The summed E-state index contributed by atoms with van der Waals surface area (Å²) in [6.45, 7) is 3.57. The van der Waals surface area contributed by atoms with Crippen molar-refractivity contribution in [2.75, 3.05) is 0 Å². The van der Waals surface area contributed by atoms with Crippen LogP contribution in [-0.4, -0.2) is 28.7 Å². The number of rotatable bonds is 3. The van der Waals surface area contributed by atoms with E-state index in [1.165, 1.54) is 28.0 Å². The number of thiazole rings is 1. The Balaban J connectivity index is 1.75. The molecular weight excluding hydrogens is 424 g/mol. The first-order chi connectivity index (χ1) is 13.2. The van der Waals surface area contributed by atoms with Crippen LogP contribution in [0, 0.1) is 13.8 Å². The van der Waals surface area contributed by atoms with Gasteiger partial charge in [-0.2, -0.15) is 0 Å². The molecule has 28 heavy (non-hydrogen) atoms. The molecule has 0 bridgehead atoms. The monoisotopic (exact) mass is 436 g/mol. The molecule has 0 unspecified atom stereocenters. The van der Waals surface area contributed by atoms with Crippen molar-refractivity contribution in [2.45, 2.75) is 18.7 Å². The Morgan fingerprint density at radius 1 is 1.32 bits per heavy atom. The molecular formula is C17H13ClN4O4S2. The average molecular weight is 437 g/mol. The van der Waals surface area contributed by atoms with Crippen molar-refractivity contribution in [3.05, 3.63) is 62.1 Å². The molecule has 4 rings (SSSR count). The summed E-state index contributed by atoms with van der Waals surface area (Å²) in [5.41, 5.74) is 0.187. The molecule has 0 aliphatic rings. The van der Waals surface area contributed by atoms with Crippen LogP contribution in [0.5, 0.6) is 0 Å². The zero-order valence-corrected chi connectivity index (χ0v) is 17.0. The number of nitrogens with one attached hydrogen (secondary N) is 2. The molecule has 3 aromatic heterocycles. The number of nitrogens with zero attached hydrogens (tertiary/aromatic N) is 2. The van der Waals surface area contributed by atoms with E-state index in [0.717, 1.165) is 11.1 Å². The fourth-order valence-electron chi connectivity index (χ4n) is 2.86. The predicted octanol–water partition coefficient (Wildman–Crippen LogP) is 2.63. The number of sulfonamides is 1. The topological polar surface area (TPSA) is 113 Å². The van der Waals surface area contributed by atoms with Gasteiger partial charge in [-0.1, -0.05) is 11.6 Å². The second-order valence-corrected chi connectivity index (χ2v) is 9.39. The number of fused-ring (bicyclic) bond motifs is 2. The lowest BCUT2D eigenvalue weighted by atomic mass is 10.2. The van der Waals surface area contributed by atoms with Crippen LogP contribution in [-0.2, 0) is 10.0 Å². The number of H-pyrrole nitrogens is 1. The summed E-state index contributed by atoms with van der Waals surface area (Å²) in [5.74, 6) is -1.04. The van der Waals surface area contributed by atoms with E-state index >= 15 is 0 Å². The predicted molar refractivity (Wildman–Crippen MR) is 107 cm³/mol. The van der Waals surface area contributed by atoms with E-state index in [4.69, 9.17) is 11.6 Å². The van der Waals surface area contributed by atoms with Gasteiger partial charge in [0.05, 0.1) is 0 Å². The van der Waals surface area contributed by atoms with Gasteiger partial charge in [0, 0.05) is 38.9 Å². The van der Waals surface area contributed by atoms with Crippen LogP contribution in [0.25, 0.3) is 15.9 Å². The Morgan fingerprint density at radius 2 is 2.07 bits per heavy atom. The highest BCUT2D eigenvalue weighted by molar-refractivity contribution is 7.90. The summed E-state index contributed by atoms with van der Waals surface area (Å²) in [5, 5.41) is 0.815. The van der Waals surface area contributed by atoms with Gasteiger partial charge in [0.15, 0.2) is 4.96 Å². The maximum atomic E-state index is 12.7. The van der Waals surface area contributed by atoms with Crippen LogP contribution in [0.4, 0.5) is 0 Å². The Kier molecular flexibility index (Phi) is 4.29. The lowest BCUT2D eigenvalue weighted by Crippen LogP contribution is -2.35. The van der Waals surface area contributed by atoms with Crippen LogP contribution < -0.4 is 10.3 Å². The Labute approximate surface area is 167 Å². The van der Waals surface area contributed by atoms with Crippen LogP contribution in [0.1, 0.15) is 20.9 Å². The molecule has 1 amide bonds. The molecule has 2 N–H and O–H groups in total. The van der Waals surface area contributed by atoms with Crippen LogP contribution in [0.15, 0.2) is 40.3 Å². The van der Waals surface area contributed by atoms with Gasteiger partial charge in [-0.15, -0.1) is 11.3 Å². The first-order valence-electron chi connectivity index (χ1n) is 8.00. The molecule has 0 aliphatic heterocycles. The number of hydrogen-bond donors (Lipinski definition) is 2. The number of aromatic nitrogens is 3. The van der Waals surface area contributed by atoms with E-state index in [0.29, 0.717) is 26.6 Å². The number of hydrogen-bond acceptors (Lipinski definition) is 6. The first kappa shape index (κ1) is 18.7. The molecule has 0 aliphatic carbocycles. The highest BCUT2D eigenvalue weighted by atomic mass is 35.5. The highest BCUT2D eigenvalue weighted by Gasteiger charge is 2.25. The molecule has 3 heterocycles. The normalized spacial score (nSPS) is 12.0. The molecule has 0 radical (unpaired) electrons. The van der Waals surface area contributed by atoms with Gasteiger partial charge in [-0.05, 0) is 32.0 Å². The molecule has 4 aromatic rings. The summed E-state index contributed by atoms with van der Waals surface area (Å²) < 4.78 is 28.7. The first-order valence-corrected chi connectivity index (χ1v) is 10.7. The summed E-state index contributed by atoms with van der Waals surface area (Å²) in [4.78, 5) is 33.3. The Hall–Kier alpha value is -2.69. The van der Waals surface area contributed by atoms with E-state index in [1.807, 2.05) is 11.6 Å². The molecule has 0 fully saturated rings. The third kappa shape index (κ3) is 2.89. The van der Waals surface area contributed by atoms with Crippen molar-refractivity contribution in [1.82, 2.24) is 19.1 Å². The second kappa shape index (κ2) is 6.43. The fourth-order valence-corrected chi connectivity index (χ4v) is 5.11. The fraction of sp³-hybridized carbons (Fsp3) is 0.118. The highest BCUT2D eigenvalue weighted by Crippen LogP contribution is 2.25. The molecule has 0 spiro atoms. The molecule has 0 saturated carbocycles. The summed E-state index contributed by atoms with van der Waals surface area (Å²) in [6.07, 6.45) is 2.35. The standard InChI is InChI=1S/C17H13ClN4O4S2/c1-8-9(2)27-17-20-6-12(16(24)22(8)17)15(23)21-28(25,26)14-7-19-13-5-10(18)3-4-11(13)14/h3-7,19H,1-2H3,(H,21,23). The van der Waals surface area contributed by atoms with Gasteiger partial charge in [0.2, 0.25) is 0 Å². The van der Waals surface area contributed by atoms with Gasteiger partial charge in [-0.25, -0.2) is 18.1 Å². The zero-order chi connectivity index (χ0) is 20.2. The molecule has 0 atom stereocenters. The molecule has 144 valence electrons. The molecule has 1 aromatic carbocycles. The summed E-state index contributed by atoms with van der Waals surface area (Å²) in [7, 11) is -4.23. The second-order valence-electron chi connectivity index (χ2n) is 6.12. The van der Waals surface area contributed by atoms with Gasteiger partial charge in [-0.3, -0.25) is 14.0 Å². The average Bonchev–Trinajstić information content (AvgIpc) is 3.16. The van der Waals surface area contributed by atoms with Gasteiger partial charge in [0.25, 0.3) is 21.5 Å². The third-order valence-electron chi connectivity index (χ3n) is 4.39. The molecule has 8 nitrogen and oxygen atoms in total. The maximum Gasteiger partial charge on any atom is 0.272 e. The largest absolute Gasteiger partial charge is 0.360 e. The molecule has 0 saturated heterocycles. The van der Waals surface area contributed by atoms with Crippen molar-refractivity contribution < 1.29 is 13.2 Å².